The van der Waals surface area contributed by atoms with E-state index in [2.05, 4.69) is 16.7 Å². The van der Waals surface area contributed by atoms with E-state index in [1.54, 1.807) is 24.3 Å². The summed E-state index contributed by atoms with van der Waals surface area (Å²) in [6.07, 6.45) is 0. The Bertz CT molecular complexity index is 788. The summed E-state index contributed by atoms with van der Waals surface area (Å²) >= 11 is 0. The van der Waals surface area contributed by atoms with Gasteiger partial charge in [-0.3, -0.25) is 10.4 Å². The summed E-state index contributed by atoms with van der Waals surface area (Å²) in [7, 11) is 1.52. The molecule has 0 amide bonds. The second-order valence-electron chi connectivity index (χ2n) is 4.84. The van der Waals surface area contributed by atoms with Crippen LogP contribution in [0.1, 0.15) is 5.56 Å². The van der Waals surface area contributed by atoms with Crippen molar-refractivity contribution >= 4 is 24.1 Å². The number of rotatable bonds is 5. The number of nitrogens with two attached hydrogens (primary N) is 2. The molecule has 24 heavy (non-hydrogen) atoms. The van der Waals surface area contributed by atoms with Crippen molar-refractivity contribution < 1.29 is 4.74 Å². The van der Waals surface area contributed by atoms with E-state index in [9.17, 15) is 0 Å². The Balaban J connectivity index is 2.33. The quantitative estimate of drug-likeness (QED) is 0.581. The first kappa shape index (κ1) is 17.0. The van der Waals surface area contributed by atoms with Crippen molar-refractivity contribution in [3.63, 3.8) is 0 Å². The van der Waals surface area contributed by atoms with Crippen molar-refractivity contribution in [2.45, 2.75) is 0 Å². The van der Waals surface area contributed by atoms with Gasteiger partial charge in [0.15, 0.2) is 5.84 Å². The molecule has 0 saturated heterocycles. The van der Waals surface area contributed by atoms with Gasteiger partial charge in [0, 0.05) is 7.05 Å². The summed E-state index contributed by atoms with van der Waals surface area (Å²) in [6, 6.07) is 16.6. The lowest BCUT2D eigenvalue weighted by Crippen LogP contribution is -2.23. The largest absolute Gasteiger partial charge is 0.457 e. The van der Waals surface area contributed by atoms with Crippen LogP contribution >= 0.6 is 0 Å². The predicted octanol–water partition coefficient (Wildman–Crippen LogP) is 2.81. The van der Waals surface area contributed by atoms with Gasteiger partial charge in [0.25, 0.3) is 0 Å². The van der Waals surface area contributed by atoms with Gasteiger partial charge in [-0.15, -0.1) is 0 Å². The van der Waals surface area contributed by atoms with E-state index in [4.69, 9.17) is 21.6 Å². The maximum absolute atomic E-state index is 7.85. The van der Waals surface area contributed by atoms with E-state index in [1.807, 2.05) is 30.3 Å². The molecule has 0 bridgehead atoms. The Labute approximate surface area is 140 Å². The summed E-state index contributed by atoms with van der Waals surface area (Å²) in [5.74, 6) is 1.43. The monoisotopic (exact) mass is 321 g/mol. The van der Waals surface area contributed by atoms with Crippen molar-refractivity contribution in [2.24, 2.45) is 21.5 Å². The molecule has 2 aromatic rings. The average Bonchev–Trinajstić information content (AvgIpc) is 2.62. The fraction of sp³-hybridized carbons (Fsp3) is 0.0556. The first-order valence-corrected chi connectivity index (χ1v) is 7.18. The van der Waals surface area contributed by atoms with E-state index < -0.39 is 0 Å². The molecule has 0 fully saturated rings. The molecule has 5 N–H and O–H groups in total. The first-order chi connectivity index (χ1) is 11.6. The fourth-order valence-corrected chi connectivity index (χ4v) is 2.05. The molecular formula is C18H19N5O. The van der Waals surface area contributed by atoms with Crippen LogP contribution in [0.3, 0.4) is 0 Å². The van der Waals surface area contributed by atoms with Crippen LogP contribution in [0.4, 0.5) is 0 Å². The molecule has 0 aromatic heterocycles. The fourth-order valence-electron chi connectivity index (χ4n) is 2.05. The highest BCUT2D eigenvalue weighted by Crippen LogP contribution is 2.23. The third kappa shape index (κ3) is 3.86. The van der Waals surface area contributed by atoms with Crippen molar-refractivity contribution in [1.29, 1.82) is 5.41 Å². The molecule has 0 unspecified atom stereocenters. The lowest BCUT2D eigenvalue weighted by molar-refractivity contribution is 0.482. The summed E-state index contributed by atoms with van der Waals surface area (Å²) in [5, 5.41) is 7.85. The van der Waals surface area contributed by atoms with Crippen molar-refractivity contribution in [3.05, 3.63) is 65.7 Å². The number of aliphatic imine (C=N–C) groups is 2. The van der Waals surface area contributed by atoms with Crippen molar-refractivity contribution in [1.82, 2.24) is 0 Å². The van der Waals surface area contributed by atoms with E-state index in [-0.39, 0.29) is 17.2 Å². The van der Waals surface area contributed by atoms with Gasteiger partial charge in [-0.2, -0.15) is 0 Å². The van der Waals surface area contributed by atoms with Gasteiger partial charge >= 0.3 is 0 Å². The van der Waals surface area contributed by atoms with Gasteiger partial charge in [0.05, 0.1) is 11.3 Å². The van der Waals surface area contributed by atoms with Crippen LogP contribution in [0.15, 0.2) is 70.2 Å². The first-order valence-electron chi connectivity index (χ1n) is 7.18. The minimum Gasteiger partial charge on any atom is -0.457 e. The molecule has 0 atom stereocenters. The molecule has 2 rings (SSSR count). The van der Waals surface area contributed by atoms with Crippen LogP contribution in [0.5, 0.6) is 11.5 Å². The molecule has 0 aliphatic carbocycles. The molecule has 0 saturated carbocycles. The highest BCUT2D eigenvalue weighted by atomic mass is 16.5. The summed E-state index contributed by atoms with van der Waals surface area (Å²) in [6.45, 7) is 3.34. The van der Waals surface area contributed by atoms with Crippen LogP contribution in [0.2, 0.25) is 0 Å². The molecule has 0 aliphatic rings. The molecule has 0 aliphatic heterocycles. The molecular weight excluding hydrogens is 302 g/mol. The molecule has 0 heterocycles. The zero-order chi connectivity index (χ0) is 17.5. The summed E-state index contributed by atoms with van der Waals surface area (Å²) in [4.78, 5) is 7.47. The number of nitrogens with one attached hydrogen (secondary N) is 1. The van der Waals surface area contributed by atoms with Gasteiger partial charge in [0.2, 0.25) is 0 Å². The molecule has 0 radical (unpaired) electrons. The molecule has 6 heteroatoms. The Kier molecular flexibility index (Phi) is 5.46. The van der Waals surface area contributed by atoms with Gasteiger partial charge in [-0.1, -0.05) is 18.2 Å². The van der Waals surface area contributed by atoms with Gasteiger partial charge in [-0.05, 0) is 48.7 Å². The Hall–Kier alpha value is -3.41. The van der Waals surface area contributed by atoms with Crippen molar-refractivity contribution in [2.75, 3.05) is 7.05 Å². The zero-order valence-electron chi connectivity index (χ0n) is 13.4. The summed E-state index contributed by atoms with van der Waals surface area (Å²) in [5.41, 5.74) is 13.2. The number of benzene rings is 2. The van der Waals surface area contributed by atoms with Crippen LogP contribution in [0, 0.1) is 5.41 Å². The zero-order valence-corrected chi connectivity index (χ0v) is 13.4. The second-order valence-corrected chi connectivity index (χ2v) is 4.84. The Morgan fingerprint density at radius 1 is 1.00 bits per heavy atom. The highest BCUT2D eigenvalue weighted by molar-refractivity contribution is 6.26. The van der Waals surface area contributed by atoms with Crippen molar-refractivity contribution in [3.8, 4) is 11.5 Å². The molecule has 0 spiro atoms. The van der Waals surface area contributed by atoms with E-state index >= 15 is 0 Å². The Morgan fingerprint density at radius 2 is 1.58 bits per heavy atom. The van der Waals surface area contributed by atoms with Gasteiger partial charge < -0.3 is 16.2 Å². The van der Waals surface area contributed by atoms with E-state index in [0.29, 0.717) is 17.0 Å². The van der Waals surface area contributed by atoms with Gasteiger partial charge in [0.1, 0.15) is 17.3 Å². The molecule has 6 nitrogen and oxygen atoms in total. The number of hydrogen-bond donors (Lipinski definition) is 3. The number of amidine groups is 2. The topological polar surface area (TPSA) is 110 Å². The van der Waals surface area contributed by atoms with Crippen LogP contribution in [0.25, 0.3) is 5.70 Å². The van der Waals surface area contributed by atoms with E-state index in [1.165, 1.54) is 7.05 Å². The molecule has 2 aromatic carbocycles. The van der Waals surface area contributed by atoms with Crippen LogP contribution < -0.4 is 16.2 Å². The minimum atomic E-state index is -0.125. The highest BCUT2D eigenvalue weighted by Gasteiger charge is 2.14. The lowest BCUT2D eigenvalue weighted by atomic mass is 10.0. The number of para-hydroxylation sites is 1. The maximum Gasteiger partial charge on any atom is 0.156 e. The number of hydrogen-bond acceptors (Lipinski definition) is 4. The number of nitrogens with zero attached hydrogens (tertiary/aromatic N) is 2. The maximum atomic E-state index is 7.85. The van der Waals surface area contributed by atoms with E-state index in [0.717, 1.165) is 5.75 Å². The van der Waals surface area contributed by atoms with Gasteiger partial charge in [-0.25, -0.2) is 4.99 Å². The van der Waals surface area contributed by atoms with Crippen LogP contribution in [-0.2, 0) is 0 Å². The second kappa shape index (κ2) is 7.73. The van der Waals surface area contributed by atoms with Crippen LogP contribution in [-0.4, -0.2) is 25.4 Å². The Morgan fingerprint density at radius 3 is 2.12 bits per heavy atom. The SMILES string of the molecule is C=NC(=N)/C(C(N)=NC)=C(\N)c1ccc(Oc2ccccc2)cc1. The third-order valence-corrected chi connectivity index (χ3v) is 3.31. The smallest absolute Gasteiger partial charge is 0.156 e. The minimum absolute atomic E-state index is 0.125. The standard InChI is InChI=1S/C18H19N5O/c1-22-17(20)15(18(21)23-2)16(19)12-8-10-14(11-9-12)24-13-6-4-3-5-7-13/h3-11,20H,1,19H2,2H3,(H2,21,23)/b16-15+,20-17?. The average molecular weight is 321 g/mol. The normalized spacial score (nSPS) is 12.3. The summed E-state index contributed by atoms with van der Waals surface area (Å²) < 4.78 is 5.73. The number of ether oxygens (including phenoxy) is 1. The predicted molar refractivity (Wildman–Crippen MR) is 98.9 cm³/mol. The molecule has 122 valence electrons. The lowest BCUT2D eigenvalue weighted by Gasteiger charge is -2.11. The third-order valence-electron chi connectivity index (χ3n) is 3.31.